The first kappa shape index (κ1) is 19.9. The molecule has 0 saturated carbocycles. The topological polar surface area (TPSA) is 65.2 Å². The molecule has 0 radical (unpaired) electrons. The molecule has 2 aromatic heterocycles. The van der Waals surface area contributed by atoms with E-state index >= 15 is 0 Å². The van der Waals surface area contributed by atoms with Gasteiger partial charge >= 0.3 is 6.03 Å². The Morgan fingerprint density at radius 1 is 1.03 bits per heavy atom. The zero-order valence-corrected chi connectivity index (χ0v) is 17.5. The molecular formula is C24H23N3O2S. The predicted octanol–water partition coefficient (Wildman–Crippen LogP) is 4.81. The van der Waals surface area contributed by atoms with Crippen molar-refractivity contribution in [2.45, 2.75) is 26.6 Å². The first-order valence-electron chi connectivity index (χ1n) is 9.80. The first-order chi connectivity index (χ1) is 14.6. The average molecular weight is 418 g/mol. The molecule has 4 aromatic rings. The molecule has 30 heavy (non-hydrogen) atoms. The van der Waals surface area contributed by atoms with Crippen LogP contribution in [0.1, 0.15) is 21.6 Å². The van der Waals surface area contributed by atoms with E-state index in [9.17, 15) is 9.59 Å². The molecule has 0 aliphatic rings. The van der Waals surface area contributed by atoms with Gasteiger partial charge in [0.2, 0.25) is 0 Å². The fraction of sp³-hybridized carbons (Fsp3) is 0.167. The number of nitrogens with one attached hydrogen (secondary N) is 2. The highest BCUT2D eigenvalue weighted by molar-refractivity contribution is 7.09. The predicted molar refractivity (Wildman–Crippen MR) is 122 cm³/mol. The zero-order chi connectivity index (χ0) is 20.9. The van der Waals surface area contributed by atoms with Crippen molar-refractivity contribution < 1.29 is 4.79 Å². The molecule has 6 heteroatoms. The van der Waals surface area contributed by atoms with Crippen molar-refractivity contribution >= 4 is 28.3 Å². The van der Waals surface area contributed by atoms with Crippen LogP contribution in [0.3, 0.4) is 0 Å². The highest BCUT2D eigenvalue weighted by Crippen LogP contribution is 2.17. The van der Waals surface area contributed by atoms with Crippen molar-refractivity contribution in [3.8, 4) is 0 Å². The molecule has 0 fully saturated rings. The van der Waals surface area contributed by atoms with Gasteiger partial charge in [-0.25, -0.2) is 4.79 Å². The molecule has 0 atom stereocenters. The van der Waals surface area contributed by atoms with Gasteiger partial charge in [0.15, 0.2) is 0 Å². The van der Waals surface area contributed by atoms with E-state index in [1.807, 2.05) is 79.0 Å². The molecule has 0 saturated heterocycles. The van der Waals surface area contributed by atoms with Crippen LogP contribution in [0.15, 0.2) is 76.9 Å². The van der Waals surface area contributed by atoms with Gasteiger partial charge in [-0.15, -0.1) is 11.3 Å². The lowest BCUT2D eigenvalue weighted by molar-refractivity contribution is 0.192. The minimum Gasteiger partial charge on any atom is -0.334 e. The second kappa shape index (κ2) is 8.97. The van der Waals surface area contributed by atoms with Crippen LogP contribution >= 0.6 is 11.3 Å². The summed E-state index contributed by atoms with van der Waals surface area (Å²) in [5.41, 5.74) is 3.35. The summed E-state index contributed by atoms with van der Waals surface area (Å²) in [7, 11) is 0. The van der Waals surface area contributed by atoms with E-state index in [1.54, 1.807) is 16.2 Å². The molecule has 2 heterocycles. The van der Waals surface area contributed by atoms with Gasteiger partial charge in [-0.2, -0.15) is 0 Å². The van der Waals surface area contributed by atoms with Crippen LogP contribution in [0.4, 0.5) is 4.79 Å². The molecule has 4 rings (SSSR count). The van der Waals surface area contributed by atoms with Crippen LogP contribution in [0.2, 0.25) is 0 Å². The Balaban J connectivity index is 1.58. The number of rotatable bonds is 6. The monoisotopic (exact) mass is 417 g/mol. The SMILES string of the molecule is Cc1ccc2[nH]c(=O)c(CN(Cc3cccs3)C(=O)NCc3ccccc3)cc2c1. The molecule has 0 unspecified atom stereocenters. The van der Waals surface area contributed by atoms with Gasteiger partial charge in [0.05, 0.1) is 13.1 Å². The molecule has 0 bridgehead atoms. The number of fused-ring (bicyclic) bond motifs is 1. The third-order valence-corrected chi connectivity index (χ3v) is 5.80. The zero-order valence-electron chi connectivity index (χ0n) is 16.7. The number of amides is 2. The smallest absolute Gasteiger partial charge is 0.318 e. The van der Waals surface area contributed by atoms with Gasteiger partial charge in [0, 0.05) is 22.5 Å². The normalized spacial score (nSPS) is 10.8. The minimum absolute atomic E-state index is 0.168. The number of H-pyrrole nitrogens is 1. The Labute approximate surface area is 179 Å². The van der Waals surface area contributed by atoms with Gasteiger partial charge in [0.25, 0.3) is 5.56 Å². The quantitative estimate of drug-likeness (QED) is 0.473. The second-order valence-electron chi connectivity index (χ2n) is 7.29. The summed E-state index contributed by atoms with van der Waals surface area (Å²) >= 11 is 1.59. The van der Waals surface area contributed by atoms with E-state index in [1.165, 1.54) is 0 Å². The summed E-state index contributed by atoms with van der Waals surface area (Å²) in [6, 6.07) is 21.3. The number of hydrogen-bond acceptors (Lipinski definition) is 3. The van der Waals surface area contributed by atoms with E-state index in [0.717, 1.165) is 26.9 Å². The maximum atomic E-state index is 13.0. The number of benzene rings is 2. The minimum atomic E-state index is -0.198. The highest BCUT2D eigenvalue weighted by Gasteiger charge is 2.17. The lowest BCUT2D eigenvalue weighted by Gasteiger charge is -2.22. The van der Waals surface area contributed by atoms with Crippen LogP contribution in [-0.4, -0.2) is 15.9 Å². The van der Waals surface area contributed by atoms with Gasteiger partial charge in [0.1, 0.15) is 0 Å². The number of aromatic nitrogens is 1. The largest absolute Gasteiger partial charge is 0.334 e. The van der Waals surface area contributed by atoms with Crippen molar-refractivity contribution in [3.05, 3.63) is 104 Å². The van der Waals surface area contributed by atoms with Gasteiger partial charge < -0.3 is 15.2 Å². The van der Waals surface area contributed by atoms with Crippen LogP contribution in [0.5, 0.6) is 0 Å². The van der Waals surface area contributed by atoms with E-state index in [-0.39, 0.29) is 18.1 Å². The van der Waals surface area contributed by atoms with Gasteiger partial charge in [-0.05, 0) is 47.5 Å². The van der Waals surface area contributed by atoms with Gasteiger partial charge in [-0.1, -0.05) is 48.0 Å². The number of pyridine rings is 1. The number of hydrogen-bond donors (Lipinski definition) is 2. The number of aromatic amines is 1. The van der Waals surface area contributed by atoms with Crippen LogP contribution in [0.25, 0.3) is 10.9 Å². The van der Waals surface area contributed by atoms with Crippen LogP contribution in [-0.2, 0) is 19.6 Å². The van der Waals surface area contributed by atoms with E-state index in [4.69, 9.17) is 0 Å². The number of carbonyl (C=O) groups is 1. The Kier molecular flexibility index (Phi) is 5.95. The fourth-order valence-corrected chi connectivity index (χ4v) is 4.09. The summed E-state index contributed by atoms with van der Waals surface area (Å²) in [6.45, 7) is 3.14. The van der Waals surface area contributed by atoms with E-state index in [2.05, 4.69) is 10.3 Å². The van der Waals surface area contributed by atoms with Crippen molar-refractivity contribution in [1.29, 1.82) is 0 Å². The van der Waals surface area contributed by atoms with Crippen molar-refractivity contribution in [2.75, 3.05) is 0 Å². The number of aryl methyl sites for hydroxylation is 1. The third kappa shape index (κ3) is 4.78. The molecule has 5 nitrogen and oxygen atoms in total. The highest BCUT2D eigenvalue weighted by atomic mass is 32.1. The number of thiophene rings is 1. The summed E-state index contributed by atoms with van der Waals surface area (Å²) in [5, 5.41) is 5.93. The summed E-state index contributed by atoms with van der Waals surface area (Å²) in [6.07, 6.45) is 0. The van der Waals surface area contributed by atoms with E-state index < -0.39 is 0 Å². The Bertz CT molecular complexity index is 1200. The van der Waals surface area contributed by atoms with E-state index in [0.29, 0.717) is 18.7 Å². The molecule has 2 N–H and O–H groups in total. The second-order valence-corrected chi connectivity index (χ2v) is 8.33. The molecule has 0 aliphatic carbocycles. The molecular weight excluding hydrogens is 394 g/mol. The molecule has 2 aromatic carbocycles. The van der Waals surface area contributed by atoms with Gasteiger partial charge in [-0.3, -0.25) is 4.79 Å². The fourth-order valence-electron chi connectivity index (χ4n) is 3.37. The Morgan fingerprint density at radius 2 is 1.87 bits per heavy atom. The Hall–Kier alpha value is -3.38. The number of nitrogens with zero attached hydrogens (tertiary/aromatic N) is 1. The average Bonchev–Trinajstić information content (AvgIpc) is 3.26. The maximum absolute atomic E-state index is 13.0. The molecule has 0 aliphatic heterocycles. The number of urea groups is 1. The summed E-state index contributed by atoms with van der Waals surface area (Å²) < 4.78 is 0. The van der Waals surface area contributed by atoms with Crippen LogP contribution in [0, 0.1) is 6.92 Å². The molecule has 0 spiro atoms. The summed E-state index contributed by atoms with van der Waals surface area (Å²) in [5.74, 6) is 0. The van der Waals surface area contributed by atoms with Crippen LogP contribution < -0.4 is 10.9 Å². The molecule has 2 amide bonds. The first-order valence-corrected chi connectivity index (χ1v) is 10.7. The lowest BCUT2D eigenvalue weighted by Crippen LogP contribution is -2.39. The molecule has 152 valence electrons. The maximum Gasteiger partial charge on any atom is 0.318 e. The lowest BCUT2D eigenvalue weighted by atomic mass is 10.1. The van der Waals surface area contributed by atoms with Crippen molar-refractivity contribution in [2.24, 2.45) is 0 Å². The third-order valence-electron chi connectivity index (χ3n) is 4.94. The number of carbonyl (C=O) groups excluding carboxylic acids is 1. The Morgan fingerprint density at radius 3 is 2.63 bits per heavy atom. The summed E-state index contributed by atoms with van der Waals surface area (Å²) in [4.78, 5) is 31.3. The van der Waals surface area contributed by atoms with Crippen molar-refractivity contribution in [3.63, 3.8) is 0 Å². The van der Waals surface area contributed by atoms with Crippen molar-refractivity contribution in [1.82, 2.24) is 15.2 Å². The standard InChI is InChI=1S/C24H23N3O2S/c1-17-9-10-22-19(12-17)13-20(23(28)26-22)15-27(16-21-8-5-11-30-21)24(29)25-14-18-6-3-2-4-7-18/h2-13H,14-16H2,1H3,(H,25,29)(H,26,28).